The number of fused-ring (bicyclic) bond motifs is 4. The van der Waals surface area contributed by atoms with Crippen LogP contribution in [0.25, 0.3) is 11.3 Å². The molecule has 1 aromatic heterocycles. The van der Waals surface area contributed by atoms with Gasteiger partial charge in [-0.15, -0.1) is 0 Å². The minimum absolute atomic E-state index is 0.0483. The third kappa shape index (κ3) is 3.94. The maximum absolute atomic E-state index is 14.2. The predicted molar refractivity (Wildman–Crippen MR) is 134 cm³/mol. The molecule has 0 radical (unpaired) electrons. The van der Waals surface area contributed by atoms with Crippen LogP contribution in [-0.4, -0.2) is 15.3 Å². The van der Waals surface area contributed by atoms with Crippen molar-refractivity contribution < 1.29 is 0 Å². The highest BCUT2D eigenvalue weighted by atomic mass is 32.2. The van der Waals surface area contributed by atoms with Crippen molar-refractivity contribution in [1.29, 1.82) is 0 Å². The van der Waals surface area contributed by atoms with Gasteiger partial charge in [-0.1, -0.05) is 93.0 Å². The number of hydrogen-bond donors (Lipinski definition) is 0. The molecule has 4 heteroatoms. The predicted octanol–water partition coefficient (Wildman–Crippen LogP) is 6.46. The monoisotopic (exact) mass is 444 g/mol. The highest BCUT2D eigenvalue weighted by Crippen LogP contribution is 2.50. The first kappa shape index (κ1) is 21.5. The fraction of sp³-hybridized carbons (Fsp3) is 0.429. The van der Waals surface area contributed by atoms with Crippen LogP contribution in [0.3, 0.4) is 0 Å². The Morgan fingerprint density at radius 1 is 1.03 bits per heavy atom. The third-order valence-electron chi connectivity index (χ3n) is 7.14. The Kier molecular flexibility index (Phi) is 5.98. The van der Waals surface area contributed by atoms with E-state index in [2.05, 4.69) is 50.2 Å². The van der Waals surface area contributed by atoms with Gasteiger partial charge in [-0.05, 0) is 42.7 Å². The van der Waals surface area contributed by atoms with Crippen molar-refractivity contribution >= 4 is 11.8 Å². The van der Waals surface area contributed by atoms with Crippen LogP contribution in [0, 0.1) is 5.92 Å². The second-order valence-corrected chi connectivity index (χ2v) is 10.9. The summed E-state index contributed by atoms with van der Waals surface area (Å²) in [7, 11) is 0. The Labute approximate surface area is 195 Å². The fourth-order valence-electron chi connectivity index (χ4n) is 5.45. The summed E-state index contributed by atoms with van der Waals surface area (Å²) in [5, 5.41) is 0.864. The first-order valence-electron chi connectivity index (χ1n) is 12.0. The molecule has 0 bridgehead atoms. The zero-order valence-electron chi connectivity index (χ0n) is 19.1. The van der Waals surface area contributed by atoms with Crippen LogP contribution in [0.2, 0.25) is 0 Å². The number of benzene rings is 2. The van der Waals surface area contributed by atoms with Crippen molar-refractivity contribution in [2.45, 2.75) is 69.5 Å². The number of thioether (sulfide) groups is 1. The minimum Gasteiger partial charge on any atom is -0.283 e. The van der Waals surface area contributed by atoms with E-state index >= 15 is 0 Å². The first-order valence-corrected chi connectivity index (χ1v) is 13.0. The molecule has 32 heavy (non-hydrogen) atoms. The smallest absolute Gasteiger partial charge is 0.258 e. The van der Waals surface area contributed by atoms with Gasteiger partial charge in [-0.25, -0.2) is 4.98 Å². The average Bonchev–Trinajstić information content (AvgIpc) is 3.25. The maximum Gasteiger partial charge on any atom is 0.258 e. The highest BCUT2D eigenvalue weighted by Gasteiger charge is 2.44. The van der Waals surface area contributed by atoms with E-state index in [9.17, 15) is 4.79 Å². The lowest BCUT2D eigenvalue weighted by atomic mass is 9.68. The van der Waals surface area contributed by atoms with Crippen molar-refractivity contribution in [2.24, 2.45) is 5.92 Å². The van der Waals surface area contributed by atoms with Gasteiger partial charge in [0.05, 0.1) is 17.8 Å². The largest absolute Gasteiger partial charge is 0.283 e. The summed E-state index contributed by atoms with van der Waals surface area (Å²) < 4.78 is 1.97. The van der Waals surface area contributed by atoms with E-state index in [4.69, 9.17) is 4.98 Å². The van der Waals surface area contributed by atoms with Gasteiger partial charge in [0, 0.05) is 16.7 Å². The van der Waals surface area contributed by atoms with Crippen LogP contribution in [0.4, 0.5) is 0 Å². The van der Waals surface area contributed by atoms with Gasteiger partial charge in [0.25, 0.3) is 5.56 Å². The molecular formula is C28H32N2OS. The summed E-state index contributed by atoms with van der Waals surface area (Å²) in [6.07, 6.45) is 6.67. The van der Waals surface area contributed by atoms with Crippen molar-refractivity contribution in [1.82, 2.24) is 9.55 Å². The molecule has 3 aromatic rings. The lowest BCUT2D eigenvalue weighted by Gasteiger charge is -2.36. The minimum atomic E-state index is -0.0483. The standard InChI is InChI=1S/C28H32N2OS/c1-20(2)14-17-32-27-29-25-23-13-7-6-12-22(23)18-28(15-8-9-16-28)24(25)26(31)30(27)19-21-10-4-3-5-11-21/h3-7,10-13,20H,8-9,14-19H2,1-2H3. The van der Waals surface area contributed by atoms with Gasteiger partial charge in [-0.2, -0.15) is 0 Å². The molecule has 0 N–H and O–H groups in total. The van der Waals surface area contributed by atoms with E-state index in [1.54, 1.807) is 11.8 Å². The lowest BCUT2D eigenvalue weighted by molar-refractivity contribution is 0.417. The second-order valence-electron chi connectivity index (χ2n) is 9.85. The summed E-state index contributed by atoms with van der Waals surface area (Å²) in [6, 6.07) is 18.9. The quantitative estimate of drug-likeness (QED) is 0.323. The molecule has 0 aliphatic heterocycles. The maximum atomic E-state index is 14.2. The van der Waals surface area contributed by atoms with Crippen LogP contribution in [0.15, 0.2) is 64.5 Å². The SMILES string of the molecule is CC(C)CCSc1nc2c(c(=O)n1Cc1ccccc1)C1(CCCC1)Cc1ccccc1-2. The lowest BCUT2D eigenvalue weighted by Crippen LogP contribution is -2.40. The Morgan fingerprint density at radius 3 is 2.50 bits per heavy atom. The zero-order chi connectivity index (χ0) is 22.1. The zero-order valence-corrected chi connectivity index (χ0v) is 20.0. The topological polar surface area (TPSA) is 34.9 Å². The molecule has 0 amide bonds. The van der Waals surface area contributed by atoms with Crippen LogP contribution in [0.5, 0.6) is 0 Å². The van der Waals surface area contributed by atoms with Crippen molar-refractivity contribution in [3.63, 3.8) is 0 Å². The van der Waals surface area contributed by atoms with Crippen LogP contribution < -0.4 is 5.56 Å². The molecule has 0 unspecified atom stereocenters. The van der Waals surface area contributed by atoms with E-state index in [1.807, 2.05) is 22.8 Å². The Hall–Kier alpha value is -2.33. The normalized spacial score (nSPS) is 16.3. The van der Waals surface area contributed by atoms with Crippen molar-refractivity contribution in [2.75, 3.05) is 5.75 Å². The first-order chi connectivity index (χ1) is 15.6. The van der Waals surface area contributed by atoms with Crippen LogP contribution >= 0.6 is 11.8 Å². The molecule has 1 fully saturated rings. The molecule has 0 atom stereocenters. The van der Waals surface area contributed by atoms with Crippen molar-refractivity contribution in [3.05, 3.63) is 81.6 Å². The Balaban J connectivity index is 1.69. The van der Waals surface area contributed by atoms with Crippen LogP contribution in [-0.2, 0) is 18.4 Å². The van der Waals surface area contributed by atoms with Gasteiger partial charge in [-0.3, -0.25) is 9.36 Å². The van der Waals surface area contributed by atoms with E-state index < -0.39 is 0 Å². The van der Waals surface area contributed by atoms with Crippen molar-refractivity contribution in [3.8, 4) is 11.3 Å². The van der Waals surface area contributed by atoms with E-state index in [0.29, 0.717) is 12.5 Å². The average molecular weight is 445 g/mol. The second kappa shape index (κ2) is 8.90. The van der Waals surface area contributed by atoms with E-state index in [1.165, 1.54) is 18.4 Å². The molecule has 2 aliphatic carbocycles. The summed E-state index contributed by atoms with van der Waals surface area (Å²) >= 11 is 1.74. The molecule has 0 saturated heterocycles. The van der Waals surface area contributed by atoms with Gasteiger partial charge in [0.2, 0.25) is 0 Å². The molecular weight excluding hydrogens is 412 g/mol. The molecule has 1 saturated carbocycles. The number of nitrogens with zero attached hydrogens (tertiary/aromatic N) is 2. The molecule has 5 rings (SSSR count). The van der Waals surface area contributed by atoms with Gasteiger partial charge in [0.1, 0.15) is 0 Å². The van der Waals surface area contributed by atoms with E-state index in [-0.39, 0.29) is 11.0 Å². The number of aromatic nitrogens is 2. The number of rotatable bonds is 6. The van der Waals surface area contributed by atoms with Gasteiger partial charge < -0.3 is 0 Å². The molecule has 166 valence electrons. The highest BCUT2D eigenvalue weighted by molar-refractivity contribution is 7.99. The third-order valence-corrected chi connectivity index (χ3v) is 8.15. The summed E-state index contributed by atoms with van der Waals surface area (Å²) in [5.41, 5.74) is 5.74. The molecule has 2 aromatic carbocycles. The molecule has 1 spiro atoms. The molecule has 1 heterocycles. The Bertz CT molecular complexity index is 1160. The van der Waals surface area contributed by atoms with Gasteiger partial charge >= 0.3 is 0 Å². The van der Waals surface area contributed by atoms with Crippen LogP contribution in [0.1, 0.15) is 62.6 Å². The molecule has 2 aliphatic rings. The molecule has 3 nitrogen and oxygen atoms in total. The van der Waals surface area contributed by atoms with E-state index in [0.717, 1.165) is 59.0 Å². The Morgan fingerprint density at radius 2 is 1.75 bits per heavy atom. The fourth-order valence-corrected chi connectivity index (χ4v) is 6.68. The summed E-state index contributed by atoms with van der Waals surface area (Å²) in [6.45, 7) is 5.08. The van der Waals surface area contributed by atoms with Gasteiger partial charge in [0.15, 0.2) is 5.16 Å². The number of hydrogen-bond acceptors (Lipinski definition) is 3. The summed E-state index contributed by atoms with van der Waals surface area (Å²) in [5.74, 6) is 1.61. The summed E-state index contributed by atoms with van der Waals surface area (Å²) in [4.78, 5) is 19.5.